The summed E-state index contributed by atoms with van der Waals surface area (Å²) in [6.45, 7) is 2.14. The number of aromatic nitrogens is 2. The fraction of sp³-hybridized carbons (Fsp3) is 0.231. The molecule has 0 bridgehead atoms. The fourth-order valence-electron chi connectivity index (χ4n) is 1.45. The number of hydrogen-bond acceptors (Lipinski definition) is 3. The quantitative estimate of drug-likeness (QED) is 0.852. The predicted molar refractivity (Wildman–Crippen MR) is 62.8 cm³/mol. The summed E-state index contributed by atoms with van der Waals surface area (Å²) >= 11 is 0. The van der Waals surface area contributed by atoms with Crippen LogP contribution in [0.4, 0.5) is 0 Å². The lowest BCUT2D eigenvalue weighted by Gasteiger charge is -2.02. The van der Waals surface area contributed by atoms with E-state index in [9.17, 15) is 0 Å². The Balaban J connectivity index is 2.28. The Labute approximate surface area is 94.8 Å². The highest BCUT2D eigenvalue weighted by Crippen LogP contribution is 2.15. The smallest absolute Gasteiger partial charge is 0.159 e. The van der Waals surface area contributed by atoms with E-state index in [1.54, 1.807) is 0 Å². The van der Waals surface area contributed by atoms with Gasteiger partial charge in [0.25, 0.3) is 0 Å². The standard InChI is InChI=1S/C13H14N2O/c1-2-10-7-14-13(15-8-10)12-5-3-11(9-16)4-6-12/h3-8,16H,2,9H2,1H3. The van der Waals surface area contributed by atoms with E-state index < -0.39 is 0 Å². The van der Waals surface area contributed by atoms with E-state index in [0.29, 0.717) is 0 Å². The molecule has 2 aromatic rings. The van der Waals surface area contributed by atoms with Gasteiger partial charge in [0, 0.05) is 18.0 Å². The molecule has 0 aliphatic carbocycles. The Morgan fingerprint density at radius 2 is 1.62 bits per heavy atom. The van der Waals surface area contributed by atoms with Crippen molar-refractivity contribution in [3.63, 3.8) is 0 Å². The summed E-state index contributed by atoms with van der Waals surface area (Å²) in [6, 6.07) is 7.61. The van der Waals surface area contributed by atoms with Crippen molar-refractivity contribution in [2.75, 3.05) is 0 Å². The van der Waals surface area contributed by atoms with Gasteiger partial charge in [-0.25, -0.2) is 9.97 Å². The molecule has 82 valence electrons. The maximum absolute atomic E-state index is 8.94. The van der Waals surface area contributed by atoms with Gasteiger partial charge < -0.3 is 5.11 Å². The molecule has 2 rings (SSSR count). The number of aliphatic hydroxyl groups excluding tert-OH is 1. The van der Waals surface area contributed by atoms with Crippen LogP contribution in [0.1, 0.15) is 18.1 Å². The SMILES string of the molecule is CCc1cnc(-c2ccc(CO)cc2)nc1. The summed E-state index contributed by atoms with van der Waals surface area (Å²) in [5.41, 5.74) is 3.00. The summed E-state index contributed by atoms with van der Waals surface area (Å²) in [5, 5.41) is 8.94. The van der Waals surface area contributed by atoms with Crippen LogP contribution in [0.5, 0.6) is 0 Å². The Hall–Kier alpha value is -1.74. The molecule has 0 radical (unpaired) electrons. The summed E-state index contributed by atoms with van der Waals surface area (Å²) < 4.78 is 0. The minimum absolute atomic E-state index is 0.0654. The topological polar surface area (TPSA) is 46.0 Å². The van der Waals surface area contributed by atoms with Crippen LogP contribution < -0.4 is 0 Å². The van der Waals surface area contributed by atoms with Crippen LogP contribution in [0.15, 0.2) is 36.7 Å². The minimum Gasteiger partial charge on any atom is -0.392 e. The van der Waals surface area contributed by atoms with Crippen molar-refractivity contribution in [2.45, 2.75) is 20.0 Å². The van der Waals surface area contributed by atoms with E-state index in [2.05, 4.69) is 16.9 Å². The Kier molecular flexibility index (Phi) is 3.27. The normalized spacial score (nSPS) is 10.4. The average molecular weight is 214 g/mol. The van der Waals surface area contributed by atoms with Gasteiger partial charge in [-0.1, -0.05) is 31.2 Å². The second-order valence-corrected chi connectivity index (χ2v) is 3.62. The van der Waals surface area contributed by atoms with Crippen LogP contribution in [-0.2, 0) is 13.0 Å². The summed E-state index contributed by atoms with van der Waals surface area (Å²) in [5.74, 6) is 0.724. The van der Waals surface area contributed by atoms with Gasteiger partial charge in [-0.3, -0.25) is 0 Å². The van der Waals surface area contributed by atoms with E-state index >= 15 is 0 Å². The van der Waals surface area contributed by atoms with Gasteiger partial charge in [0.1, 0.15) is 0 Å². The number of aryl methyl sites for hydroxylation is 1. The van der Waals surface area contributed by atoms with E-state index in [0.717, 1.165) is 28.9 Å². The highest BCUT2D eigenvalue weighted by Gasteiger charge is 2.00. The number of aliphatic hydroxyl groups is 1. The Morgan fingerprint density at radius 3 is 2.12 bits per heavy atom. The highest BCUT2D eigenvalue weighted by molar-refractivity contribution is 5.54. The van der Waals surface area contributed by atoms with Crippen LogP contribution in [-0.4, -0.2) is 15.1 Å². The van der Waals surface area contributed by atoms with Gasteiger partial charge in [-0.15, -0.1) is 0 Å². The summed E-state index contributed by atoms with van der Waals surface area (Å²) in [7, 11) is 0. The zero-order valence-electron chi connectivity index (χ0n) is 9.22. The molecule has 1 aromatic heterocycles. The van der Waals surface area contributed by atoms with Crippen LogP contribution in [0.25, 0.3) is 11.4 Å². The largest absolute Gasteiger partial charge is 0.392 e. The lowest BCUT2D eigenvalue weighted by Crippen LogP contribution is -1.91. The molecule has 0 spiro atoms. The lowest BCUT2D eigenvalue weighted by atomic mass is 10.1. The molecule has 0 saturated carbocycles. The third-order valence-electron chi connectivity index (χ3n) is 2.51. The third kappa shape index (κ3) is 2.25. The first-order valence-electron chi connectivity index (χ1n) is 5.34. The molecule has 1 N–H and O–H groups in total. The maximum Gasteiger partial charge on any atom is 0.159 e. The zero-order valence-corrected chi connectivity index (χ0v) is 9.22. The molecule has 16 heavy (non-hydrogen) atoms. The van der Waals surface area contributed by atoms with Crippen molar-refractivity contribution in [3.8, 4) is 11.4 Å². The molecule has 3 nitrogen and oxygen atoms in total. The van der Waals surface area contributed by atoms with Gasteiger partial charge in [-0.05, 0) is 17.5 Å². The maximum atomic E-state index is 8.94. The van der Waals surface area contributed by atoms with Crippen molar-refractivity contribution < 1.29 is 5.11 Å². The monoisotopic (exact) mass is 214 g/mol. The molecule has 3 heteroatoms. The van der Waals surface area contributed by atoms with Gasteiger partial charge in [0.05, 0.1) is 6.61 Å². The molecule has 0 unspecified atom stereocenters. The number of hydrogen-bond donors (Lipinski definition) is 1. The van der Waals surface area contributed by atoms with E-state index in [1.807, 2.05) is 36.7 Å². The number of rotatable bonds is 3. The Morgan fingerprint density at radius 1 is 1.00 bits per heavy atom. The van der Waals surface area contributed by atoms with Crippen LogP contribution >= 0.6 is 0 Å². The van der Waals surface area contributed by atoms with Gasteiger partial charge >= 0.3 is 0 Å². The first kappa shape index (κ1) is 10.8. The minimum atomic E-state index is 0.0654. The van der Waals surface area contributed by atoms with Crippen molar-refractivity contribution in [1.82, 2.24) is 9.97 Å². The van der Waals surface area contributed by atoms with Crippen molar-refractivity contribution in [3.05, 3.63) is 47.8 Å². The molecule has 0 fully saturated rings. The molecule has 1 heterocycles. The van der Waals surface area contributed by atoms with Crippen molar-refractivity contribution >= 4 is 0 Å². The van der Waals surface area contributed by atoms with Crippen molar-refractivity contribution in [1.29, 1.82) is 0 Å². The van der Waals surface area contributed by atoms with E-state index in [4.69, 9.17) is 5.11 Å². The second-order valence-electron chi connectivity index (χ2n) is 3.62. The summed E-state index contributed by atoms with van der Waals surface area (Å²) in [6.07, 6.45) is 4.65. The van der Waals surface area contributed by atoms with Crippen LogP contribution in [0.3, 0.4) is 0 Å². The fourth-order valence-corrected chi connectivity index (χ4v) is 1.45. The first-order chi connectivity index (χ1) is 7.83. The lowest BCUT2D eigenvalue weighted by molar-refractivity contribution is 0.282. The van der Waals surface area contributed by atoms with Crippen LogP contribution in [0, 0.1) is 0 Å². The van der Waals surface area contributed by atoms with Gasteiger partial charge in [0.15, 0.2) is 5.82 Å². The molecule has 0 aliphatic heterocycles. The molecular weight excluding hydrogens is 200 g/mol. The van der Waals surface area contributed by atoms with Gasteiger partial charge in [-0.2, -0.15) is 0 Å². The van der Waals surface area contributed by atoms with Crippen LogP contribution in [0.2, 0.25) is 0 Å². The Bertz CT molecular complexity index is 403. The highest BCUT2D eigenvalue weighted by atomic mass is 16.3. The number of nitrogens with zero attached hydrogens (tertiary/aromatic N) is 2. The third-order valence-corrected chi connectivity index (χ3v) is 2.51. The number of benzene rings is 1. The second kappa shape index (κ2) is 4.86. The molecular formula is C13H14N2O. The zero-order chi connectivity index (χ0) is 11.4. The first-order valence-corrected chi connectivity index (χ1v) is 5.34. The molecule has 0 saturated heterocycles. The molecule has 0 amide bonds. The average Bonchev–Trinajstić information content (AvgIpc) is 2.39. The molecule has 1 aromatic carbocycles. The predicted octanol–water partition coefficient (Wildman–Crippen LogP) is 2.20. The molecule has 0 aliphatic rings. The van der Waals surface area contributed by atoms with E-state index in [-0.39, 0.29) is 6.61 Å². The van der Waals surface area contributed by atoms with E-state index in [1.165, 1.54) is 0 Å². The van der Waals surface area contributed by atoms with Gasteiger partial charge in [0.2, 0.25) is 0 Å². The summed E-state index contributed by atoms with van der Waals surface area (Å²) in [4.78, 5) is 8.60. The molecule has 0 atom stereocenters. The van der Waals surface area contributed by atoms with Crippen molar-refractivity contribution in [2.24, 2.45) is 0 Å².